The average molecular weight is 216 g/mol. The van der Waals surface area contributed by atoms with Crippen LogP contribution in [0.5, 0.6) is 0 Å². The van der Waals surface area contributed by atoms with Crippen molar-refractivity contribution in [2.75, 3.05) is 31.3 Å². The number of ether oxygens (including phenoxy) is 1. The zero-order chi connectivity index (χ0) is 9.97. The summed E-state index contributed by atoms with van der Waals surface area (Å²) in [7, 11) is 0. The summed E-state index contributed by atoms with van der Waals surface area (Å²) in [6, 6.07) is 1.27. The Morgan fingerprint density at radius 3 is 3.07 bits per heavy atom. The van der Waals surface area contributed by atoms with Gasteiger partial charge >= 0.3 is 0 Å². The third kappa shape index (κ3) is 2.63. The second-order valence-corrected chi connectivity index (χ2v) is 5.39. The molecule has 2 saturated heterocycles. The third-order valence-electron chi connectivity index (χ3n) is 2.98. The molecule has 2 aliphatic heterocycles. The van der Waals surface area contributed by atoms with Crippen LogP contribution in [0.4, 0.5) is 0 Å². The summed E-state index contributed by atoms with van der Waals surface area (Å²) in [6.07, 6.45) is 0.403. The fourth-order valence-electron chi connectivity index (χ4n) is 2.06. The first-order valence-electron chi connectivity index (χ1n) is 5.42. The lowest BCUT2D eigenvalue weighted by Crippen LogP contribution is -2.51. The van der Waals surface area contributed by atoms with E-state index < -0.39 is 0 Å². The van der Waals surface area contributed by atoms with Gasteiger partial charge in [-0.25, -0.2) is 0 Å². The lowest BCUT2D eigenvalue weighted by Gasteiger charge is -2.38. The van der Waals surface area contributed by atoms with Gasteiger partial charge in [0.05, 0.1) is 12.7 Å². The molecular formula is C10H20N2OS. The molecule has 2 aliphatic rings. The molecule has 3 nitrogen and oxygen atoms in total. The first kappa shape index (κ1) is 10.7. The van der Waals surface area contributed by atoms with E-state index >= 15 is 0 Å². The number of morpholine rings is 1. The molecule has 0 saturated carbocycles. The van der Waals surface area contributed by atoms with Gasteiger partial charge in [-0.05, 0) is 13.8 Å². The molecule has 14 heavy (non-hydrogen) atoms. The molecule has 0 bridgehead atoms. The Hall–Kier alpha value is 0.230. The zero-order valence-electron chi connectivity index (χ0n) is 9.03. The summed E-state index contributed by atoms with van der Waals surface area (Å²) in [5.41, 5.74) is 0. The van der Waals surface area contributed by atoms with Crippen LogP contribution in [0, 0.1) is 0 Å². The van der Waals surface area contributed by atoms with Crippen LogP contribution in [0.25, 0.3) is 0 Å². The Bertz CT molecular complexity index is 185. The highest BCUT2D eigenvalue weighted by atomic mass is 32.2. The van der Waals surface area contributed by atoms with E-state index in [1.54, 1.807) is 0 Å². The van der Waals surface area contributed by atoms with Crippen LogP contribution in [0.1, 0.15) is 13.8 Å². The predicted molar refractivity (Wildman–Crippen MR) is 60.7 cm³/mol. The molecule has 1 N–H and O–H groups in total. The predicted octanol–water partition coefficient (Wildman–Crippen LogP) is 0.758. The minimum absolute atomic E-state index is 0.403. The van der Waals surface area contributed by atoms with Gasteiger partial charge < -0.3 is 10.1 Å². The minimum atomic E-state index is 0.403. The van der Waals surface area contributed by atoms with E-state index in [1.807, 2.05) is 11.8 Å². The van der Waals surface area contributed by atoms with Gasteiger partial charge in [0.15, 0.2) is 0 Å². The van der Waals surface area contributed by atoms with Gasteiger partial charge in [0.25, 0.3) is 0 Å². The fourth-order valence-corrected chi connectivity index (χ4v) is 3.04. The van der Waals surface area contributed by atoms with E-state index in [9.17, 15) is 0 Å². The highest BCUT2D eigenvalue weighted by Crippen LogP contribution is 2.15. The number of nitrogens with one attached hydrogen (secondary N) is 1. The van der Waals surface area contributed by atoms with Crippen molar-refractivity contribution >= 4 is 11.8 Å². The van der Waals surface area contributed by atoms with Crippen LogP contribution in [0.3, 0.4) is 0 Å². The summed E-state index contributed by atoms with van der Waals surface area (Å²) in [5.74, 6) is 2.39. The van der Waals surface area contributed by atoms with Crippen LogP contribution < -0.4 is 5.32 Å². The lowest BCUT2D eigenvalue weighted by atomic mass is 10.2. The van der Waals surface area contributed by atoms with Crippen LogP contribution >= 0.6 is 11.8 Å². The number of nitrogens with zero attached hydrogens (tertiary/aromatic N) is 1. The SMILES string of the molecule is CC1CN(CC2CSCN2)C(C)CO1. The lowest BCUT2D eigenvalue weighted by molar-refractivity contribution is -0.0510. The molecule has 3 atom stereocenters. The van der Waals surface area contributed by atoms with Gasteiger partial charge in [0.2, 0.25) is 0 Å². The maximum Gasteiger partial charge on any atom is 0.0674 e. The largest absolute Gasteiger partial charge is 0.376 e. The summed E-state index contributed by atoms with van der Waals surface area (Å²) < 4.78 is 5.62. The van der Waals surface area contributed by atoms with Gasteiger partial charge in [-0.3, -0.25) is 4.90 Å². The summed E-state index contributed by atoms with van der Waals surface area (Å²) in [5, 5.41) is 3.52. The van der Waals surface area contributed by atoms with E-state index in [0.717, 1.165) is 19.0 Å². The Morgan fingerprint density at radius 1 is 1.50 bits per heavy atom. The molecule has 82 valence electrons. The minimum Gasteiger partial charge on any atom is -0.376 e. The smallest absolute Gasteiger partial charge is 0.0674 e. The zero-order valence-corrected chi connectivity index (χ0v) is 9.85. The van der Waals surface area contributed by atoms with E-state index in [2.05, 4.69) is 24.1 Å². The van der Waals surface area contributed by atoms with Crippen molar-refractivity contribution in [1.29, 1.82) is 0 Å². The molecule has 0 aromatic heterocycles. The van der Waals surface area contributed by atoms with Gasteiger partial charge in [-0.2, -0.15) is 0 Å². The molecule has 2 rings (SSSR count). The van der Waals surface area contributed by atoms with Crippen molar-refractivity contribution in [2.24, 2.45) is 0 Å². The molecule has 0 aromatic carbocycles. The summed E-state index contributed by atoms with van der Waals surface area (Å²) in [6.45, 7) is 7.58. The maximum absolute atomic E-state index is 5.62. The molecule has 4 heteroatoms. The van der Waals surface area contributed by atoms with Crippen molar-refractivity contribution in [3.8, 4) is 0 Å². The van der Waals surface area contributed by atoms with Crippen molar-refractivity contribution in [3.05, 3.63) is 0 Å². The van der Waals surface area contributed by atoms with Crippen LogP contribution in [-0.2, 0) is 4.74 Å². The molecule has 0 aliphatic carbocycles. The Balaban J connectivity index is 1.82. The van der Waals surface area contributed by atoms with E-state index in [1.165, 1.54) is 12.3 Å². The van der Waals surface area contributed by atoms with Gasteiger partial charge in [-0.15, -0.1) is 11.8 Å². The van der Waals surface area contributed by atoms with Crippen LogP contribution in [0.15, 0.2) is 0 Å². The number of thioether (sulfide) groups is 1. The van der Waals surface area contributed by atoms with Crippen LogP contribution in [-0.4, -0.2) is 54.4 Å². The van der Waals surface area contributed by atoms with E-state index in [-0.39, 0.29) is 0 Å². The molecule has 2 heterocycles. The molecule has 0 aromatic rings. The molecule has 0 amide bonds. The molecule has 3 unspecified atom stereocenters. The van der Waals surface area contributed by atoms with Gasteiger partial charge in [-0.1, -0.05) is 0 Å². The fraction of sp³-hybridized carbons (Fsp3) is 1.00. The monoisotopic (exact) mass is 216 g/mol. The van der Waals surface area contributed by atoms with E-state index in [0.29, 0.717) is 18.2 Å². The highest BCUT2D eigenvalue weighted by molar-refractivity contribution is 7.99. The number of hydrogen-bond acceptors (Lipinski definition) is 4. The summed E-state index contributed by atoms with van der Waals surface area (Å²) in [4.78, 5) is 2.55. The molecule has 0 spiro atoms. The topological polar surface area (TPSA) is 24.5 Å². The van der Waals surface area contributed by atoms with Crippen molar-refractivity contribution in [2.45, 2.75) is 32.0 Å². The molecule has 2 fully saturated rings. The standard InChI is InChI=1S/C10H20N2OS/c1-8-5-13-9(2)3-12(8)4-10-6-14-7-11-10/h8-11H,3-7H2,1-2H3. The van der Waals surface area contributed by atoms with Gasteiger partial charge in [0.1, 0.15) is 0 Å². The Morgan fingerprint density at radius 2 is 2.36 bits per heavy atom. The van der Waals surface area contributed by atoms with Crippen molar-refractivity contribution in [3.63, 3.8) is 0 Å². The van der Waals surface area contributed by atoms with Crippen LogP contribution in [0.2, 0.25) is 0 Å². The average Bonchev–Trinajstić information content (AvgIpc) is 2.64. The second kappa shape index (κ2) is 4.84. The first-order valence-corrected chi connectivity index (χ1v) is 6.58. The normalized spacial score (nSPS) is 40.3. The maximum atomic E-state index is 5.62. The Labute approximate surface area is 90.6 Å². The quantitative estimate of drug-likeness (QED) is 0.736. The van der Waals surface area contributed by atoms with Crippen molar-refractivity contribution in [1.82, 2.24) is 10.2 Å². The Kier molecular flexibility index (Phi) is 3.71. The highest BCUT2D eigenvalue weighted by Gasteiger charge is 2.26. The third-order valence-corrected chi connectivity index (χ3v) is 3.99. The molecule has 0 radical (unpaired) electrons. The van der Waals surface area contributed by atoms with Gasteiger partial charge in [0, 0.05) is 36.8 Å². The van der Waals surface area contributed by atoms with E-state index in [4.69, 9.17) is 4.74 Å². The second-order valence-electron chi connectivity index (χ2n) is 4.36. The summed E-state index contributed by atoms with van der Waals surface area (Å²) >= 11 is 2.00. The van der Waals surface area contributed by atoms with Crippen molar-refractivity contribution < 1.29 is 4.74 Å². The number of rotatable bonds is 2. The first-order chi connectivity index (χ1) is 6.75. The number of hydrogen-bond donors (Lipinski definition) is 1. The molecular weight excluding hydrogens is 196 g/mol.